The van der Waals surface area contributed by atoms with Gasteiger partial charge in [0.25, 0.3) is 5.91 Å². The molecule has 0 aliphatic heterocycles. The number of nitrogens with two attached hydrogens (primary N) is 1. The summed E-state index contributed by atoms with van der Waals surface area (Å²) in [6.07, 6.45) is -2.35. The minimum atomic E-state index is -4.55. The predicted molar refractivity (Wildman–Crippen MR) is 112 cm³/mol. The third kappa shape index (κ3) is 5.28. The smallest absolute Gasteiger partial charge is 0.394 e. The van der Waals surface area contributed by atoms with Gasteiger partial charge in [0.05, 0.1) is 6.54 Å². The average Bonchev–Trinajstić information content (AvgIpc) is 2.73. The maximum Gasteiger partial charge on any atom is 0.431 e. The van der Waals surface area contributed by atoms with Crippen molar-refractivity contribution >= 4 is 17.3 Å². The topological polar surface area (TPSA) is 67.5 Å². The quantitative estimate of drug-likeness (QED) is 0.689. The number of hydrogen-bond acceptors (Lipinski definition) is 3. The summed E-state index contributed by atoms with van der Waals surface area (Å²) < 4.78 is 39.1. The number of halogens is 3. The highest BCUT2D eigenvalue weighted by atomic mass is 19.4. The van der Waals surface area contributed by atoms with E-state index in [9.17, 15) is 18.0 Å². The van der Waals surface area contributed by atoms with Gasteiger partial charge in [-0.15, -0.1) is 0 Å². The number of aliphatic imine (C=N–C) groups is 1. The van der Waals surface area contributed by atoms with E-state index in [-0.39, 0.29) is 24.4 Å². The van der Waals surface area contributed by atoms with Gasteiger partial charge in [0, 0.05) is 22.5 Å². The van der Waals surface area contributed by atoms with Crippen molar-refractivity contribution in [3.05, 3.63) is 76.5 Å². The highest BCUT2D eigenvalue weighted by molar-refractivity contribution is 6.04. The largest absolute Gasteiger partial charge is 0.431 e. The summed E-state index contributed by atoms with van der Waals surface area (Å²) in [4.78, 5) is 17.0. The van der Waals surface area contributed by atoms with Gasteiger partial charge in [0.15, 0.2) is 0 Å². The van der Waals surface area contributed by atoms with Crippen LogP contribution in [0.4, 0.5) is 18.9 Å². The Morgan fingerprint density at radius 2 is 1.83 bits per heavy atom. The highest BCUT2D eigenvalue weighted by Crippen LogP contribution is 2.31. The molecular weight excluding hydrogens is 391 g/mol. The van der Waals surface area contributed by atoms with E-state index < -0.39 is 11.9 Å². The lowest BCUT2D eigenvalue weighted by Gasteiger charge is -2.21. The minimum absolute atomic E-state index is 0.0993. The van der Waals surface area contributed by atoms with E-state index >= 15 is 0 Å². The second-order valence-corrected chi connectivity index (χ2v) is 7.33. The first-order chi connectivity index (χ1) is 14.3. The Hall–Kier alpha value is -3.09. The van der Waals surface area contributed by atoms with Gasteiger partial charge >= 0.3 is 6.18 Å². The molecule has 0 aromatic heterocycles. The van der Waals surface area contributed by atoms with E-state index in [0.29, 0.717) is 24.1 Å². The maximum absolute atomic E-state index is 13.0. The number of carbonyl (C=O) groups excluding carboxylic acids is 1. The van der Waals surface area contributed by atoms with Crippen molar-refractivity contribution in [3.63, 3.8) is 0 Å². The second-order valence-electron chi connectivity index (χ2n) is 7.33. The lowest BCUT2D eigenvalue weighted by atomic mass is 9.91. The molecule has 1 aliphatic rings. The van der Waals surface area contributed by atoms with Gasteiger partial charge in [-0.1, -0.05) is 30.3 Å². The van der Waals surface area contributed by atoms with E-state index in [2.05, 4.69) is 10.3 Å². The summed E-state index contributed by atoms with van der Waals surface area (Å²) in [5.74, 6) is -0.252. The van der Waals surface area contributed by atoms with Crippen LogP contribution in [0.15, 0.2) is 64.8 Å². The van der Waals surface area contributed by atoms with Gasteiger partial charge in [-0.05, 0) is 61.9 Å². The van der Waals surface area contributed by atoms with Crippen LogP contribution in [-0.2, 0) is 6.54 Å². The van der Waals surface area contributed by atoms with Crippen LogP contribution in [0.3, 0.4) is 0 Å². The van der Waals surface area contributed by atoms with Gasteiger partial charge in [-0.3, -0.25) is 9.79 Å². The van der Waals surface area contributed by atoms with Crippen molar-refractivity contribution in [1.82, 2.24) is 0 Å². The lowest BCUT2D eigenvalue weighted by Crippen LogP contribution is -2.26. The third-order valence-corrected chi connectivity index (χ3v) is 5.10. The standard InChI is InChI=1S/C23H24F3N3O/c1-15-7-2-4-11-19(15)29-22(30)17-9-6-8-16(13-17)14-28-20-12-5-3-10-18(20)21(27)23(24,25)26/h2,4,6-9,11,13H,3,5,10,12,14,27H2,1H3,(H,29,30). The summed E-state index contributed by atoms with van der Waals surface area (Å²) in [6.45, 7) is 2.10. The summed E-state index contributed by atoms with van der Waals surface area (Å²) in [5, 5.41) is 2.87. The first kappa shape index (κ1) is 21.6. The molecule has 30 heavy (non-hydrogen) atoms. The molecule has 1 fully saturated rings. The molecule has 0 radical (unpaired) electrons. The Bertz CT molecular complexity index is 993. The number of hydrogen-bond donors (Lipinski definition) is 2. The first-order valence-electron chi connectivity index (χ1n) is 9.81. The van der Waals surface area contributed by atoms with Crippen molar-refractivity contribution in [2.75, 3.05) is 5.32 Å². The minimum Gasteiger partial charge on any atom is -0.394 e. The van der Waals surface area contributed by atoms with Crippen LogP contribution < -0.4 is 11.1 Å². The summed E-state index contributed by atoms with van der Waals surface area (Å²) in [7, 11) is 0. The Balaban J connectivity index is 1.78. The summed E-state index contributed by atoms with van der Waals surface area (Å²) in [5.41, 5.74) is 7.70. The zero-order valence-corrected chi connectivity index (χ0v) is 16.7. The fourth-order valence-corrected chi connectivity index (χ4v) is 3.43. The zero-order valence-electron chi connectivity index (χ0n) is 16.7. The average molecular weight is 415 g/mol. The highest BCUT2D eigenvalue weighted by Gasteiger charge is 2.35. The van der Waals surface area contributed by atoms with Crippen molar-refractivity contribution in [3.8, 4) is 0 Å². The molecule has 3 N–H and O–H groups in total. The molecule has 4 nitrogen and oxygen atoms in total. The van der Waals surface area contributed by atoms with Crippen LogP contribution in [0.1, 0.15) is 47.2 Å². The van der Waals surface area contributed by atoms with Gasteiger partial charge in [-0.25, -0.2) is 0 Å². The van der Waals surface area contributed by atoms with Crippen LogP contribution in [0, 0.1) is 6.92 Å². The number of allylic oxidation sites excluding steroid dienone is 2. The number of anilines is 1. The molecule has 1 aliphatic carbocycles. The Kier molecular flexibility index (Phi) is 6.59. The molecular formula is C23H24F3N3O. The predicted octanol–water partition coefficient (Wildman–Crippen LogP) is 5.54. The van der Waals surface area contributed by atoms with Crippen molar-refractivity contribution in [2.45, 2.75) is 45.3 Å². The van der Waals surface area contributed by atoms with E-state index in [1.165, 1.54) is 0 Å². The SMILES string of the molecule is Cc1ccccc1NC(=O)c1cccc(CN=C2CCCCC2=C(N)C(F)(F)F)c1. The van der Waals surface area contributed by atoms with E-state index in [1.807, 2.05) is 31.2 Å². The van der Waals surface area contributed by atoms with Gasteiger partial charge in [0.1, 0.15) is 5.70 Å². The second kappa shape index (κ2) is 9.15. The molecule has 158 valence electrons. The molecule has 3 rings (SSSR count). The van der Waals surface area contributed by atoms with Crippen LogP contribution >= 0.6 is 0 Å². The molecule has 2 aromatic rings. The van der Waals surface area contributed by atoms with E-state index in [4.69, 9.17) is 5.73 Å². The van der Waals surface area contributed by atoms with Crippen LogP contribution in [-0.4, -0.2) is 17.8 Å². The van der Waals surface area contributed by atoms with Crippen LogP contribution in [0.25, 0.3) is 0 Å². The number of para-hydroxylation sites is 1. The monoisotopic (exact) mass is 415 g/mol. The van der Waals surface area contributed by atoms with Crippen molar-refractivity contribution in [2.24, 2.45) is 10.7 Å². The molecule has 2 aromatic carbocycles. The molecule has 1 saturated carbocycles. The Morgan fingerprint density at radius 1 is 1.10 bits per heavy atom. The van der Waals surface area contributed by atoms with E-state index in [1.54, 1.807) is 24.3 Å². The molecule has 7 heteroatoms. The molecule has 0 heterocycles. The number of benzene rings is 2. The van der Waals surface area contributed by atoms with Gasteiger partial charge in [0.2, 0.25) is 0 Å². The molecule has 0 unspecified atom stereocenters. The summed E-state index contributed by atoms with van der Waals surface area (Å²) in [6, 6.07) is 14.4. The van der Waals surface area contributed by atoms with Crippen LogP contribution in [0.5, 0.6) is 0 Å². The number of nitrogens with zero attached hydrogens (tertiary/aromatic N) is 1. The Labute approximate surface area is 173 Å². The number of nitrogens with one attached hydrogen (secondary N) is 1. The first-order valence-corrected chi connectivity index (χ1v) is 9.81. The Morgan fingerprint density at radius 3 is 2.57 bits per heavy atom. The molecule has 0 atom stereocenters. The van der Waals surface area contributed by atoms with Gasteiger partial charge < -0.3 is 11.1 Å². The molecule has 0 bridgehead atoms. The number of aryl methyl sites for hydroxylation is 1. The summed E-state index contributed by atoms with van der Waals surface area (Å²) >= 11 is 0. The normalized spacial score (nSPS) is 17.7. The maximum atomic E-state index is 13.0. The number of alkyl halides is 3. The van der Waals surface area contributed by atoms with E-state index in [0.717, 1.165) is 23.2 Å². The fraction of sp³-hybridized carbons (Fsp3) is 0.304. The fourth-order valence-electron chi connectivity index (χ4n) is 3.43. The van der Waals surface area contributed by atoms with Crippen molar-refractivity contribution in [1.29, 1.82) is 0 Å². The molecule has 1 amide bonds. The van der Waals surface area contributed by atoms with Gasteiger partial charge in [-0.2, -0.15) is 13.2 Å². The van der Waals surface area contributed by atoms with Crippen LogP contribution in [0.2, 0.25) is 0 Å². The molecule has 0 spiro atoms. The number of carbonyl (C=O) groups is 1. The third-order valence-electron chi connectivity index (χ3n) is 5.10. The lowest BCUT2D eigenvalue weighted by molar-refractivity contribution is -0.0933. The number of rotatable bonds is 4. The van der Waals surface area contributed by atoms with Crippen molar-refractivity contribution < 1.29 is 18.0 Å². The molecule has 0 saturated heterocycles. The zero-order chi connectivity index (χ0) is 21.7. The number of amides is 1.